The van der Waals surface area contributed by atoms with E-state index in [1.807, 2.05) is 25.7 Å². The zero-order valence-corrected chi connectivity index (χ0v) is 12.2. The van der Waals surface area contributed by atoms with Crippen LogP contribution in [0.2, 0.25) is 0 Å². The monoisotopic (exact) mass is 267 g/mol. The number of aliphatic hydroxyl groups excluding tert-OH is 1. The van der Waals surface area contributed by atoms with Crippen LogP contribution in [0.1, 0.15) is 59.3 Å². The van der Waals surface area contributed by atoms with E-state index in [0.717, 1.165) is 38.5 Å². The Kier molecular flexibility index (Phi) is 2.86. The van der Waals surface area contributed by atoms with Crippen molar-refractivity contribution in [3.63, 3.8) is 0 Å². The summed E-state index contributed by atoms with van der Waals surface area (Å²) >= 11 is 0. The fourth-order valence-corrected chi connectivity index (χ4v) is 4.33. The van der Waals surface area contributed by atoms with Gasteiger partial charge in [0.1, 0.15) is 5.60 Å². The van der Waals surface area contributed by atoms with Crippen molar-refractivity contribution in [1.29, 1.82) is 0 Å². The molecule has 4 nitrogen and oxygen atoms in total. The summed E-state index contributed by atoms with van der Waals surface area (Å²) in [7, 11) is 0. The first-order valence-electron chi connectivity index (χ1n) is 7.47. The molecule has 2 heterocycles. The topological polar surface area (TPSA) is 49.8 Å². The Bertz CT molecular complexity index is 365. The quantitative estimate of drug-likeness (QED) is 0.734. The van der Waals surface area contributed by atoms with Gasteiger partial charge in [0, 0.05) is 12.1 Å². The third kappa shape index (κ3) is 2.35. The maximum atomic E-state index is 12.3. The van der Waals surface area contributed by atoms with Crippen molar-refractivity contribution in [3.05, 3.63) is 0 Å². The molecule has 0 aromatic carbocycles. The van der Waals surface area contributed by atoms with Gasteiger partial charge in [0.05, 0.1) is 6.10 Å². The van der Waals surface area contributed by atoms with E-state index in [1.165, 1.54) is 0 Å². The molecule has 108 valence electrons. The average molecular weight is 267 g/mol. The Hall–Kier alpha value is -0.770. The number of carbonyl (C=O) groups excluding carboxylic acids is 1. The van der Waals surface area contributed by atoms with Crippen molar-refractivity contribution in [2.24, 2.45) is 5.41 Å². The van der Waals surface area contributed by atoms with Crippen LogP contribution in [0.25, 0.3) is 0 Å². The van der Waals surface area contributed by atoms with Crippen molar-refractivity contribution in [2.45, 2.75) is 83.1 Å². The van der Waals surface area contributed by atoms with Gasteiger partial charge in [0.2, 0.25) is 0 Å². The van der Waals surface area contributed by atoms with Crippen molar-refractivity contribution >= 4 is 6.09 Å². The van der Waals surface area contributed by atoms with Gasteiger partial charge in [-0.15, -0.1) is 0 Å². The molecule has 1 N–H and O–H groups in total. The van der Waals surface area contributed by atoms with Crippen molar-refractivity contribution in [3.8, 4) is 0 Å². The minimum absolute atomic E-state index is 0.104. The second kappa shape index (κ2) is 4.11. The summed E-state index contributed by atoms with van der Waals surface area (Å²) in [5.74, 6) is 0. The number of hydrogen-bond donors (Lipinski definition) is 1. The van der Waals surface area contributed by atoms with Gasteiger partial charge in [-0.1, -0.05) is 0 Å². The summed E-state index contributed by atoms with van der Waals surface area (Å²) < 4.78 is 5.54. The van der Waals surface area contributed by atoms with E-state index in [1.54, 1.807) is 0 Å². The normalized spacial score (nSPS) is 41.3. The molecule has 4 heteroatoms. The van der Waals surface area contributed by atoms with Crippen LogP contribution in [-0.4, -0.2) is 39.9 Å². The van der Waals surface area contributed by atoms with E-state index in [2.05, 4.69) is 0 Å². The Morgan fingerprint density at radius 1 is 1.16 bits per heavy atom. The second-order valence-corrected chi connectivity index (χ2v) is 7.74. The van der Waals surface area contributed by atoms with Gasteiger partial charge >= 0.3 is 6.09 Å². The molecule has 3 rings (SSSR count). The van der Waals surface area contributed by atoms with Gasteiger partial charge in [-0.25, -0.2) is 4.79 Å². The Labute approximate surface area is 115 Å². The maximum Gasteiger partial charge on any atom is 0.410 e. The molecule has 3 aliphatic rings. The van der Waals surface area contributed by atoms with Crippen LogP contribution in [0.4, 0.5) is 4.79 Å². The lowest BCUT2D eigenvalue weighted by atomic mass is 9.60. The van der Waals surface area contributed by atoms with Crippen LogP contribution in [-0.2, 0) is 4.74 Å². The lowest BCUT2D eigenvalue weighted by Crippen LogP contribution is -2.56. The molecule has 2 aliphatic heterocycles. The molecule has 3 fully saturated rings. The van der Waals surface area contributed by atoms with Crippen LogP contribution < -0.4 is 0 Å². The smallest absolute Gasteiger partial charge is 0.410 e. The Morgan fingerprint density at radius 3 is 2.11 bits per heavy atom. The molecule has 0 aromatic rings. The Balaban J connectivity index is 1.68. The van der Waals surface area contributed by atoms with E-state index in [9.17, 15) is 9.90 Å². The van der Waals surface area contributed by atoms with E-state index >= 15 is 0 Å². The highest BCUT2D eigenvalue weighted by Crippen LogP contribution is 2.56. The number of rotatable bonds is 0. The Morgan fingerprint density at radius 2 is 1.68 bits per heavy atom. The van der Waals surface area contributed by atoms with E-state index < -0.39 is 5.60 Å². The highest BCUT2D eigenvalue weighted by Gasteiger charge is 2.55. The van der Waals surface area contributed by atoms with Crippen LogP contribution in [0, 0.1) is 5.41 Å². The number of aliphatic hydroxyl groups is 1. The molecule has 0 radical (unpaired) electrons. The third-order valence-electron chi connectivity index (χ3n) is 4.90. The summed E-state index contributed by atoms with van der Waals surface area (Å²) in [5.41, 5.74) is -0.0952. The molecule has 2 bridgehead atoms. The minimum Gasteiger partial charge on any atom is -0.444 e. The summed E-state index contributed by atoms with van der Waals surface area (Å²) in [6.45, 7) is 5.75. The highest BCUT2D eigenvalue weighted by molar-refractivity contribution is 5.69. The minimum atomic E-state index is -0.418. The molecule has 1 spiro atoms. The number of piperidine rings is 1. The van der Waals surface area contributed by atoms with Gasteiger partial charge in [-0.2, -0.15) is 0 Å². The number of carbonyl (C=O) groups is 1. The van der Waals surface area contributed by atoms with Gasteiger partial charge in [0.25, 0.3) is 0 Å². The maximum absolute atomic E-state index is 12.3. The lowest BCUT2D eigenvalue weighted by molar-refractivity contribution is -0.0888. The standard InChI is InChI=1S/C15H25NO3/c1-14(2,3)19-13(18)16-10-4-5-11(16)7-15(6-10)8-12(17)9-15/h10-12,17H,4-9H2,1-3H3/t10-,11+,12?,15?. The predicted molar refractivity (Wildman–Crippen MR) is 71.8 cm³/mol. The van der Waals surface area contributed by atoms with E-state index in [0.29, 0.717) is 17.5 Å². The van der Waals surface area contributed by atoms with Gasteiger partial charge < -0.3 is 14.7 Å². The van der Waals surface area contributed by atoms with Crippen LogP contribution in [0.15, 0.2) is 0 Å². The van der Waals surface area contributed by atoms with Crippen molar-refractivity contribution < 1.29 is 14.6 Å². The van der Waals surface area contributed by atoms with Crippen molar-refractivity contribution in [2.75, 3.05) is 0 Å². The number of amides is 1. The summed E-state index contributed by atoms with van der Waals surface area (Å²) in [4.78, 5) is 14.3. The molecule has 1 aliphatic carbocycles. The number of ether oxygens (including phenoxy) is 1. The van der Waals surface area contributed by atoms with E-state index in [-0.39, 0.29) is 12.2 Å². The first-order valence-corrected chi connectivity index (χ1v) is 7.47. The fraction of sp³-hybridized carbons (Fsp3) is 0.933. The number of nitrogens with zero attached hydrogens (tertiary/aromatic N) is 1. The third-order valence-corrected chi connectivity index (χ3v) is 4.90. The number of fused-ring (bicyclic) bond motifs is 2. The predicted octanol–water partition coefficient (Wildman–Crippen LogP) is 2.69. The van der Waals surface area contributed by atoms with Gasteiger partial charge in [-0.05, 0) is 64.7 Å². The largest absolute Gasteiger partial charge is 0.444 e. The lowest BCUT2D eigenvalue weighted by Gasteiger charge is -2.53. The van der Waals surface area contributed by atoms with Crippen molar-refractivity contribution in [1.82, 2.24) is 4.90 Å². The van der Waals surface area contributed by atoms with Crippen LogP contribution >= 0.6 is 0 Å². The summed E-state index contributed by atoms with van der Waals surface area (Å²) in [6, 6.07) is 0.669. The molecule has 19 heavy (non-hydrogen) atoms. The molecule has 2 atom stereocenters. The van der Waals surface area contributed by atoms with Gasteiger partial charge in [0.15, 0.2) is 0 Å². The van der Waals surface area contributed by atoms with Gasteiger partial charge in [-0.3, -0.25) is 0 Å². The molecule has 1 amide bonds. The molecule has 0 unspecified atom stereocenters. The summed E-state index contributed by atoms with van der Waals surface area (Å²) in [6.07, 6.45) is 5.93. The van der Waals surface area contributed by atoms with E-state index in [4.69, 9.17) is 4.74 Å². The molecular weight excluding hydrogens is 242 g/mol. The number of hydrogen-bond acceptors (Lipinski definition) is 3. The molecular formula is C15H25NO3. The molecule has 1 saturated carbocycles. The first-order chi connectivity index (χ1) is 8.78. The molecule has 0 aromatic heterocycles. The first kappa shape index (κ1) is 13.2. The average Bonchev–Trinajstić information content (AvgIpc) is 2.47. The summed E-state index contributed by atoms with van der Waals surface area (Å²) in [5, 5.41) is 9.58. The molecule has 2 saturated heterocycles. The van der Waals surface area contributed by atoms with Crippen LogP contribution in [0.3, 0.4) is 0 Å². The van der Waals surface area contributed by atoms with Crippen LogP contribution in [0.5, 0.6) is 0 Å². The second-order valence-electron chi connectivity index (χ2n) is 7.74. The SMILES string of the molecule is CC(C)(C)OC(=O)N1[C@@H]2CC[C@H]1CC1(CC(O)C1)C2. The zero-order valence-electron chi connectivity index (χ0n) is 12.2. The highest BCUT2D eigenvalue weighted by atomic mass is 16.6. The fourth-order valence-electron chi connectivity index (χ4n) is 4.33. The zero-order chi connectivity index (χ0) is 13.8.